The molecule has 2 aliphatic rings. The molecule has 2 aromatic heterocycles. The molecule has 32 heavy (non-hydrogen) atoms. The van der Waals surface area contributed by atoms with Gasteiger partial charge in [-0.3, -0.25) is 0 Å². The number of nitrogens with zero attached hydrogens (tertiary/aromatic N) is 6. The zero-order valence-corrected chi connectivity index (χ0v) is 17.8. The van der Waals surface area contributed by atoms with E-state index in [0.29, 0.717) is 29.6 Å². The number of halogens is 2. The first-order valence-electron chi connectivity index (χ1n) is 13.6. The molecule has 170 valence electrons. The SMILES string of the molecule is [2H]C([2H])([2H])C([2H])(n1nc(NC2[C@@H]3CC[C@H]2CN(c2nc(C)no2)C3)nc1Oc1ccc(F)c(Cl)c1)C([2H])([2H])[2H]. The average Bonchev–Trinajstić information content (AvgIpc) is 3.50. The smallest absolute Gasteiger partial charge is 0.324 e. The summed E-state index contributed by atoms with van der Waals surface area (Å²) in [6.45, 7) is -3.74. The van der Waals surface area contributed by atoms with Crippen LogP contribution >= 0.6 is 11.6 Å². The molecule has 1 aromatic carbocycles. The second kappa shape index (κ2) is 8.23. The summed E-state index contributed by atoms with van der Waals surface area (Å²) in [5.41, 5.74) is 0. The Morgan fingerprint density at radius 2 is 2.09 bits per heavy atom. The molecule has 0 spiro atoms. The molecule has 3 atom stereocenters. The normalized spacial score (nSPS) is 26.9. The van der Waals surface area contributed by atoms with E-state index in [1.54, 1.807) is 6.92 Å². The minimum atomic E-state index is -3.35. The van der Waals surface area contributed by atoms with Crippen molar-refractivity contribution in [3.63, 3.8) is 0 Å². The van der Waals surface area contributed by atoms with Crippen molar-refractivity contribution in [2.24, 2.45) is 11.8 Å². The van der Waals surface area contributed by atoms with Gasteiger partial charge in [-0.05, 0) is 57.4 Å². The summed E-state index contributed by atoms with van der Waals surface area (Å²) in [5.74, 6) is -0.103. The Morgan fingerprint density at radius 1 is 1.31 bits per heavy atom. The Balaban J connectivity index is 1.48. The molecule has 0 radical (unpaired) electrons. The van der Waals surface area contributed by atoms with Crippen molar-refractivity contribution in [3.8, 4) is 11.8 Å². The highest BCUT2D eigenvalue weighted by atomic mass is 35.5. The number of hydrogen-bond donors (Lipinski definition) is 1. The Bertz CT molecular complexity index is 1340. The van der Waals surface area contributed by atoms with Crippen LogP contribution in [-0.2, 0) is 0 Å². The van der Waals surface area contributed by atoms with E-state index in [1.165, 1.54) is 6.07 Å². The molecule has 1 saturated carbocycles. The Labute approximate surface area is 199 Å². The molecule has 2 fully saturated rings. The summed E-state index contributed by atoms with van der Waals surface area (Å²) < 4.78 is 81.0. The van der Waals surface area contributed by atoms with Crippen LogP contribution in [0.15, 0.2) is 22.7 Å². The van der Waals surface area contributed by atoms with Gasteiger partial charge in [0, 0.05) is 33.4 Å². The first kappa shape index (κ1) is 14.3. The molecule has 3 heterocycles. The number of benzene rings is 1. The molecule has 1 aliphatic carbocycles. The van der Waals surface area contributed by atoms with Crippen molar-refractivity contribution in [1.82, 2.24) is 24.9 Å². The van der Waals surface area contributed by atoms with Gasteiger partial charge in [-0.25, -0.2) is 9.07 Å². The van der Waals surface area contributed by atoms with Crippen LogP contribution in [0.2, 0.25) is 5.02 Å². The highest BCUT2D eigenvalue weighted by molar-refractivity contribution is 6.30. The minimum absolute atomic E-state index is 0.0525. The van der Waals surface area contributed by atoms with Crippen LogP contribution in [0.4, 0.5) is 16.4 Å². The maximum Gasteiger partial charge on any atom is 0.324 e. The standard InChI is InChI=1S/C21H25ClFN7O2/c1-11(2)30-21(31-15-6-7-17(23)16(22)8-15)26-19(27-30)25-18-13-4-5-14(18)10-29(9-13)20-24-12(3)28-32-20/h6-8,11,13-14,18H,4-5,9-10H2,1-3H3,(H,25,27)/t13-,14+,18?/i1D3,2D3,11D. The van der Waals surface area contributed by atoms with Crippen molar-refractivity contribution < 1.29 is 23.2 Å². The molecule has 1 saturated heterocycles. The number of nitrogens with one attached hydrogen (secondary N) is 1. The number of aromatic nitrogens is 5. The molecule has 1 N–H and O–H groups in total. The van der Waals surface area contributed by atoms with E-state index in [0.717, 1.165) is 25.0 Å². The third-order valence-electron chi connectivity index (χ3n) is 5.81. The van der Waals surface area contributed by atoms with Gasteiger partial charge in [0.15, 0.2) is 5.82 Å². The summed E-state index contributed by atoms with van der Waals surface area (Å²) >= 11 is 5.84. The quantitative estimate of drug-likeness (QED) is 0.566. The fourth-order valence-electron chi connectivity index (χ4n) is 4.39. The summed E-state index contributed by atoms with van der Waals surface area (Å²) in [6, 6.07) is -0.163. The van der Waals surface area contributed by atoms with E-state index in [1.807, 2.05) is 4.90 Å². The fourth-order valence-corrected chi connectivity index (χ4v) is 4.57. The Morgan fingerprint density at radius 3 is 2.75 bits per heavy atom. The topological polar surface area (TPSA) is 94.1 Å². The van der Waals surface area contributed by atoms with E-state index < -0.39 is 31.5 Å². The van der Waals surface area contributed by atoms with E-state index in [4.69, 9.17) is 30.5 Å². The largest absolute Gasteiger partial charge is 0.424 e. The molecular weight excluding hydrogens is 437 g/mol. The fraction of sp³-hybridized carbons (Fsp3) is 0.524. The van der Waals surface area contributed by atoms with Gasteiger partial charge >= 0.3 is 12.0 Å². The number of piperidine rings is 1. The first-order chi connectivity index (χ1) is 18.2. The van der Waals surface area contributed by atoms with Gasteiger partial charge in [0.1, 0.15) is 11.6 Å². The van der Waals surface area contributed by atoms with Gasteiger partial charge in [-0.1, -0.05) is 16.8 Å². The molecular formula is C21H25ClFN7O2. The van der Waals surface area contributed by atoms with Gasteiger partial charge in [0.25, 0.3) is 0 Å². The number of aryl methyl sites for hydroxylation is 1. The lowest BCUT2D eigenvalue weighted by Gasteiger charge is -2.37. The van der Waals surface area contributed by atoms with Crippen LogP contribution < -0.4 is 15.0 Å². The molecule has 1 unspecified atom stereocenters. The van der Waals surface area contributed by atoms with Crippen molar-refractivity contribution in [2.45, 2.75) is 45.5 Å². The second-order valence-corrected chi connectivity index (χ2v) is 8.36. The number of fused-ring (bicyclic) bond motifs is 2. The van der Waals surface area contributed by atoms with Crippen molar-refractivity contribution in [1.29, 1.82) is 0 Å². The van der Waals surface area contributed by atoms with Crippen molar-refractivity contribution in [2.75, 3.05) is 23.3 Å². The molecule has 9 nitrogen and oxygen atoms in total. The van der Waals surface area contributed by atoms with Crippen LogP contribution in [0, 0.1) is 24.6 Å². The summed E-state index contributed by atoms with van der Waals surface area (Å²) in [5, 5.41) is 10.9. The maximum absolute atomic E-state index is 13.7. The van der Waals surface area contributed by atoms with Crippen LogP contribution in [0.25, 0.3) is 0 Å². The number of anilines is 2. The van der Waals surface area contributed by atoms with Crippen LogP contribution in [0.5, 0.6) is 11.8 Å². The number of hydrogen-bond acceptors (Lipinski definition) is 8. The Hall–Kier alpha value is -2.88. The molecule has 11 heteroatoms. The lowest BCUT2D eigenvalue weighted by molar-refractivity contribution is 0.340. The predicted octanol–water partition coefficient (Wildman–Crippen LogP) is 4.46. The molecule has 0 amide bonds. The van der Waals surface area contributed by atoms with Gasteiger partial charge in [0.05, 0.1) is 12.4 Å². The van der Waals surface area contributed by atoms with E-state index in [-0.39, 0.29) is 34.6 Å². The van der Waals surface area contributed by atoms with Gasteiger partial charge in [-0.2, -0.15) is 9.97 Å². The molecule has 1 aliphatic heterocycles. The summed E-state index contributed by atoms with van der Waals surface area (Å²) in [6.07, 6.45) is 1.77. The van der Waals surface area contributed by atoms with Crippen LogP contribution in [0.3, 0.4) is 0 Å². The minimum Gasteiger partial charge on any atom is -0.424 e. The van der Waals surface area contributed by atoms with Crippen molar-refractivity contribution in [3.05, 3.63) is 34.9 Å². The second-order valence-electron chi connectivity index (χ2n) is 7.95. The lowest BCUT2D eigenvalue weighted by atomic mass is 9.92. The highest BCUT2D eigenvalue weighted by Crippen LogP contribution is 2.40. The van der Waals surface area contributed by atoms with Crippen LogP contribution in [0.1, 0.15) is 48.0 Å². The third kappa shape index (κ3) is 3.99. The predicted molar refractivity (Wildman–Crippen MR) is 117 cm³/mol. The van der Waals surface area contributed by atoms with E-state index >= 15 is 0 Å². The molecule has 3 aromatic rings. The van der Waals surface area contributed by atoms with E-state index in [9.17, 15) is 4.39 Å². The highest BCUT2D eigenvalue weighted by Gasteiger charge is 2.43. The lowest BCUT2D eigenvalue weighted by Crippen LogP contribution is -2.48. The van der Waals surface area contributed by atoms with Gasteiger partial charge in [0.2, 0.25) is 5.95 Å². The maximum atomic E-state index is 13.7. The monoisotopic (exact) mass is 468 g/mol. The van der Waals surface area contributed by atoms with E-state index in [2.05, 4.69) is 25.5 Å². The van der Waals surface area contributed by atoms with Gasteiger partial charge < -0.3 is 19.5 Å². The van der Waals surface area contributed by atoms with Crippen molar-refractivity contribution >= 4 is 23.6 Å². The third-order valence-corrected chi connectivity index (χ3v) is 6.10. The number of rotatable bonds is 6. The van der Waals surface area contributed by atoms with Gasteiger partial charge in [-0.15, -0.1) is 5.10 Å². The first-order valence-corrected chi connectivity index (χ1v) is 10.5. The summed E-state index contributed by atoms with van der Waals surface area (Å²) in [4.78, 5) is 10.5. The zero-order chi connectivity index (χ0) is 28.3. The summed E-state index contributed by atoms with van der Waals surface area (Å²) in [7, 11) is 0. The average molecular weight is 469 g/mol. The van der Waals surface area contributed by atoms with Crippen LogP contribution in [-0.4, -0.2) is 44.0 Å². The number of ether oxygens (including phenoxy) is 1. The Kier molecular flexibility index (Phi) is 3.68. The molecule has 2 bridgehead atoms. The zero-order valence-electron chi connectivity index (χ0n) is 24.0. The molecule has 5 rings (SSSR count).